The van der Waals surface area contributed by atoms with E-state index < -0.39 is 6.10 Å². The number of aliphatic hydroxyl groups is 1. The van der Waals surface area contributed by atoms with Gasteiger partial charge in [0, 0.05) is 11.1 Å². The zero-order chi connectivity index (χ0) is 11.5. The Morgan fingerprint density at radius 1 is 1.12 bits per heavy atom. The van der Waals surface area contributed by atoms with E-state index in [-0.39, 0.29) is 0 Å². The molecule has 0 amide bonds. The van der Waals surface area contributed by atoms with Crippen molar-refractivity contribution in [3.63, 3.8) is 0 Å². The molecule has 2 rings (SSSR count). The van der Waals surface area contributed by atoms with Crippen LogP contribution in [0, 0.1) is 0 Å². The Balaban J connectivity index is 2.56. The Labute approximate surface area is 96.0 Å². The molecule has 0 aliphatic heterocycles. The Morgan fingerprint density at radius 3 is 2.50 bits per heavy atom. The number of hydrogen-bond acceptors (Lipinski definition) is 3. The summed E-state index contributed by atoms with van der Waals surface area (Å²) in [5, 5.41) is 10.1. The number of benzene rings is 1. The third-order valence-electron chi connectivity index (χ3n) is 3.20. The first-order valence-corrected chi connectivity index (χ1v) is 5.69. The van der Waals surface area contributed by atoms with Crippen molar-refractivity contribution >= 4 is 0 Å². The number of ether oxygens (including phenoxy) is 2. The van der Waals surface area contributed by atoms with Gasteiger partial charge in [0.25, 0.3) is 0 Å². The Kier molecular flexibility index (Phi) is 3.34. The Morgan fingerprint density at radius 2 is 1.81 bits per heavy atom. The lowest BCUT2D eigenvalue weighted by atomic mass is 9.99. The zero-order valence-corrected chi connectivity index (χ0v) is 9.82. The molecule has 16 heavy (non-hydrogen) atoms. The summed E-state index contributed by atoms with van der Waals surface area (Å²) in [7, 11) is 3.30. The molecule has 1 unspecified atom stereocenters. The fraction of sp³-hybridized carbons (Fsp3) is 0.538. The summed E-state index contributed by atoms with van der Waals surface area (Å²) < 4.78 is 10.7. The van der Waals surface area contributed by atoms with E-state index in [1.807, 2.05) is 12.1 Å². The van der Waals surface area contributed by atoms with Crippen LogP contribution in [0.15, 0.2) is 12.1 Å². The highest BCUT2D eigenvalue weighted by molar-refractivity contribution is 5.50. The highest BCUT2D eigenvalue weighted by Crippen LogP contribution is 2.39. The molecule has 0 saturated carbocycles. The fourth-order valence-corrected chi connectivity index (χ4v) is 2.40. The van der Waals surface area contributed by atoms with Crippen molar-refractivity contribution in [2.45, 2.75) is 31.8 Å². The van der Waals surface area contributed by atoms with Crippen molar-refractivity contribution in [1.29, 1.82) is 0 Å². The average molecular weight is 222 g/mol. The maximum Gasteiger partial charge on any atom is 0.125 e. The molecule has 1 aliphatic carbocycles. The van der Waals surface area contributed by atoms with Gasteiger partial charge in [-0.1, -0.05) is 6.42 Å². The van der Waals surface area contributed by atoms with Crippen LogP contribution < -0.4 is 9.47 Å². The van der Waals surface area contributed by atoms with Gasteiger partial charge in [0.15, 0.2) is 0 Å². The molecule has 0 spiro atoms. The van der Waals surface area contributed by atoms with Crippen molar-refractivity contribution < 1.29 is 14.6 Å². The minimum Gasteiger partial charge on any atom is -0.496 e. The number of rotatable bonds is 2. The van der Waals surface area contributed by atoms with Crippen LogP contribution in [0.3, 0.4) is 0 Å². The first-order chi connectivity index (χ1) is 7.77. The number of fused-ring (bicyclic) bond motifs is 1. The Hall–Kier alpha value is -1.22. The molecule has 1 atom stereocenters. The summed E-state index contributed by atoms with van der Waals surface area (Å²) in [5.41, 5.74) is 2.02. The molecular formula is C13H18O3. The average Bonchev–Trinajstić information content (AvgIpc) is 2.51. The predicted octanol–water partition coefficient (Wildman–Crippen LogP) is 2.46. The summed E-state index contributed by atoms with van der Waals surface area (Å²) in [6, 6.07) is 3.78. The van der Waals surface area contributed by atoms with E-state index in [2.05, 4.69) is 0 Å². The van der Waals surface area contributed by atoms with Crippen molar-refractivity contribution in [2.75, 3.05) is 14.2 Å². The van der Waals surface area contributed by atoms with Crippen LogP contribution in [0.25, 0.3) is 0 Å². The SMILES string of the molecule is COc1ccc(OC)c2c1CCCCC2O. The van der Waals surface area contributed by atoms with Gasteiger partial charge in [-0.3, -0.25) is 0 Å². The minimum absolute atomic E-state index is 0.428. The molecule has 1 aromatic rings. The van der Waals surface area contributed by atoms with Gasteiger partial charge >= 0.3 is 0 Å². The molecule has 3 heteroatoms. The molecule has 0 fully saturated rings. The third-order valence-corrected chi connectivity index (χ3v) is 3.20. The lowest BCUT2D eigenvalue weighted by Crippen LogP contribution is -2.04. The highest BCUT2D eigenvalue weighted by atomic mass is 16.5. The highest BCUT2D eigenvalue weighted by Gasteiger charge is 2.23. The smallest absolute Gasteiger partial charge is 0.125 e. The topological polar surface area (TPSA) is 38.7 Å². The summed E-state index contributed by atoms with van der Waals surface area (Å²) in [5.74, 6) is 1.63. The molecule has 0 bridgehead atoms. The molecule has 88 valence electrons. The fourth-order valence-electron chi connectivity index (χ4n) is 2.40. The maximum atomic E-state index is 10.1. The van der Waals surface area contributed by atoms with Gasteiger partial charge < -0.3 is 14.6 Å². The van der Waals surface area contributed by atoms with Crippen LogP contribution in [-0.2, 0) is 6.42 Å². The number of methoxy groups -OCH3 is 2. The van der Waals surface area contributed by atoms with E-state index >= 15 is 0 Å². The van der Waals surface area contributed by atoms with E-state index in [0.29, 0.717) is 0 Å². The molecule has 0 saturated heterocycles. The molecule has 0 heterocycles. The zero-order valence-electron chi connectivity index (χ0n) is 9.82. The lowest BCUT2D eigenvalue weighted by molar-refractivity contribution is 0.162. The van der Waals surface area contributed by atoms with Crippen LogP contribution in [0.5, 0.6) is 11.5 Å². The summed E-state index contributed by atoms with van der Waals surface area (Å²) in [6.45, 7) is 0. The van der Waals surface area contributed by atoms with Crippen molar-refractivity contribution in [2.24, 2.45) is 0 Å². The minimum atomic E-state index is -0.428. The van der Waals surface area contributed by atoms with E-state index in [1.54, 1.807) is 14.2 Å². The first kappa shape index (κ1) is 11.3. The summed E-state index contributed by atoms with van der Waals surface area (Å²) in [4.78, 5) is 0. The van der Waals surface area contributed by atoms with Crippen LogP contribution in [-0.4, -0.2) is 19.3 Å². The van der Waals surface area contributed by atoms with E-state index in [0.717, 1.165) is 48.3 Å². The molecule has 1 aromatic carbocycles. The second-order valence-corrected chi connectivity index (χ2v) is 4.12. The summed E-state index contributed by atoms with van der Waals surface area (Å²) >= 11 is 0. The standard InChI is InChI=1S/C13H18O3/c1-15-11-7-8-12(16-2)13-9(11)5-3-4-6-10(13)14/h7-8,10,14H,3-6H2,1-2H3. The van der Waals surface area contributed by atoms with Crippen molar-refractivity contribution in [3.05, 3.63) is 23.3 Å². The van der Waals surface area contributed by atoms with Crippen LogP contribution in [0.1, 0.15) is 36.5 Å². The van der Waals surface area contributed by atoms with Gasteiger partial charge in [-0.15, -0.1) is 0 Å². The van der Waals surface area contributed by atoms with Crippen LogP contribution in [0.4, 0.5) is 0 Å². The van der Waals surface area contributed by atoms with Gasteiger partial charge in [0.1, 0.15) is 11.5 Å². The molecular weight excluding hydrogens is 204 g/mol. The number of hydrogen-bond donors (Lipinski definition) is 1. The predicted molar refractivity (Wildman–Crippen MR) is 62.1 cm³/mol. The van der Waals surface area contributed by atoms with Crippen molar-refractivity contribution in [3.8, 4) is 11.5 Å². The van der Waals surface area contributed by atoms with Gasteiger partial charge in [-0.2, -0.15) is 0 Å². The van der Waals surface area contributed by atoms with Gasteiger partial charge in [-0.05, 0) is 31.4 Å². The molecule has 1 aliphatic rings. The summed E-state index contributed by atoms with van der Waals surface area (Å²) in [6.07, 6.45) is 3.46. The molecule has 1 N–H and O–H groups in total. The van der Waals surface area contributed by atoms with Crippen LogP contribution >= 0.6 is 0 Å². The monoisotopic (exact) mass is 222 g/mol. The van der Waals surface area contributed by atoms with Gasteiger partial charge in [0.05, 0.1) is 20.3 Å². The number of aliphatic hydroxyl groups excluding tert-OH is 1. The maximum absolute atomic E-state index is 10.1. The second kappa shape index (κ2) is 4.74. The Bertz CT molecular complexity index is 374. The van der Waals surface area contributed by atoms with Gasteiger partial charge in [0.2, 0.25) is 0 Å². The molecule has 0 aromatic heterocycles. The molecule has 3 nitrogen and oxygen atoms in total. The van der Waals surface area contributed by atoms with Crippen molar-refractivity contribution in [1.82, 2.24) is 0 Å². The molecule has 0 radical (unpaired) electrons. The normalized spacial score (nSPS) is 19.8. The van der Waals surface area contributed by atoms with E-state index in [1.165, 1.54) is 0 Å². The van der Waals surface area contributed by atoms with Crippen LogP contribution in [0.2, 0.25) is 0 Å². The lowest BCUT2D eigenvalue weighted by Gasteiger charge is -2.18. The third kappa shape index (κ3) is 1.87. The van der Waals surface area contributed by atoms with E-state index in [4.69, 9.17) is 9.47 Å². The van der Waals surface area contributed by atoms with Gasteiger partial charge in [-0.25, -0.2) is 0 Å². The second-order valence-electron chi connectivity index (χ2n) is 4.12. The largest absolute Gasteiger partial charge is 0.496 e. The van der Waals surface area contributed by atoms with E-state index in [9.17, 15) is 5.11 Å². The first-order valence-electron chi connectivity index (χ1n) is 5.69. The quantitative estimate of drug-likeness (QED) is 0.781.